The molecular weight excluding hydrogens is 232 g/mol. The van der Waals surface area contributed by atoms with Crippen molar-refractivity contribution in [1.29, 1.82) is 0 Å². The molecule has 0 radical (unpaired) electrons. The maximum Gasteiger partial charge on any atom is 0.171 e. The van der Waals surface area contributed by atoms with Crippen LogP contribution >= 0.6 is 0 Å². The summed E-state index contributed by atoms with van der Waals surface area (Å²) in [6, 6.07) is 5.76. The largest absolute Gasteiger partial charge is 0.493 e. The van der Waals surface area contributed by atoms with E-state index in [1.54, 1.807) is 0 Å². The van der Waals surface area contributed by atoms with Crippen molar-refractivity contribution in [2.75, 3.05) is 19.8 Å². The molecule has 2 aliphatic rings. The van der Waals surface area contributed by atoms with Crippen molar-refractivity contribution in [2.24, 2.45) is 0 Å². The van der Waals surface area contributed by atoms with Crippen LogP contribution in [0.25, 0.3) is 0 Å². The zero-order valence-corrected chi connectivity index (χ0v) is 10.2. The maximum absolute atomic E-state index is 12.2. The van der Waals surface area contributed by atoms with Gasteiger partial charge in [0.1, 0.15) is 5.75 Å². The van der Waals surface area contributed by atoms with E-state index in [9.17, 15) is 4.79 Å². The van der Waals surface area contributed by atoms with E-state index in [2.05, 4.69) is 0 Å². The summed E-state index contributed by atoms with van der Waals surface area (Å²) in [4.78, 5) is 12.2. The van der Waals surface area contributed by atoms with Crippen LogP contribution in [0, 0.1) is 0 Å². The van der Waals surface area contributed by atoms with Crippen molar-refractivity contribution in [3.8, 4) is 5.75 Å². The summed E-state index contributed by atoms with van der Waals surface area (Å²) in [5, 5.41) is 0. The first kappa shape index (κ1) is 11.7. The number of ketones is 1. The van der Waals surface area contributed by atoms with Crippen LogP contribution < -0.4 is 4.74 Å². The molecule has 3 rings (SSSR count). The van der Waals surface area contributed by atoms with Crippen LogP contribution in [0.2, 0.25) is 0 Å². The maximum atomic E-state index is 12.2. The molecule has 96 valence electrons. The van der Waals surface area contributed by atoms with Gasteiger partial charge in [0.15, 0.2) is 12.1 Å². The normalized spacial score (nSPS) is 19.3. The first-order valence-electron chi connectivity index (χ1n) is 6.36. The van der Waals surface area contributed by atoms with Crippen molar-refractivity contribution in [3.63, 3.8) is 0 Å². The molecule has 2 aliphatic heterocycles. The molecule has 2 heterocycles. The highest BCUT2D eigenvalue weighted by Gasteiger charge is 2.24. The third-order valence-electron chi connectivity index (χ3n) is 3.28. The Morgan fingerprint density at radius 3 is 2.89 bits per heavy atom. The van der Waals surface area contributed by atoms with Gasteiger partial charge in [-0.25, -0.2) is 0 Å². The van der Waals surface area contributed by atoms with Gasteiger partial charge in [-0.1, -0.05) is 12.1 Å². The van der Waals surface area contributed by atoms with Gasteiger partial charge in [0, 0.05) is 0 Å². The van der Waals surface area contributed by atoms with Crippen molar-refractivity contribution in [2.45, 2.75) is 25.6 Å². The molecular formula is C14H16O4. The lowest BCUT2D eigenvalue weighted by atomic mass is 9.99. The Balaban J connectivity index is 1.80. The van der Waals surface area contributed by atoms with Gasteiger partial charge in [-0.15, -0.1) is 0 Å². The van der Waals surface area contributed by atoms with Crippen LogP contribution in [0.4, 0.5) is 0 Å². The highest BCUT2D eigenvalue weighted by atomic mass is 16.7. The van der Waals surface area contributed by atoms with Crippen LogP contribution in [0.1, 0.15) is 28.8 Å². The van der Waals surface area contributed by atoms with Crippen LogP contribution in [0.5, 0.6) is 5.75 Å². The molecule has 0 amide bonds. The summed E-state index contributed by atoms with van der Waals surface area (Å²) in [6.45, 7) is 1.83. The Bertz CT molecular complexity index is 449. The number of para-hydroxylation sites is 1. The number of ether oxygens (including phenoxy) is 3. The molecule has 4 heteroatoms. The number of rotatable bonds is 3. The van der Waals surface area contributed by atoms with Crippen molar-refractivity contribution in [1.82, 2.24) is 0 Å². The average molecular weight is 248 g/mol. The second-order valence-electron chi connectivity index (χ2n) is 4.54. The molecule has 0 saturated carbocycles. The second-order valence-corrected chi connectivity index (χ2v) is 4.54. The van der Waals surface area contributed by atoms with Crippen LogP contribution in [-0.2, 0) is 15.9 Å². The molecule has 1 saturated heterocycles. The quantitative estimate of drug-likeness (QED) is 0.767. The monoisotopic (exact) mass is 248 g/mol. The van der Waals surface area contributed by atoms with E-state index in [4.69, 9.17) is 14.2 Å². The molecule has 0 aromatic heterocycles. The molecule has 1 fully saturated rings. The fourth-order valence-electron chi connectivity index (χ4n) is 2.39. The van der Waals surface area contributed by atoms with Gasteiger partial charge < -0.3 is 14.2 Å². The van der Waals surface area contributed by atoms with Gasteiger partial charge in [-0.2, -0.15) is 0 Å². The minimum absolute atomic E-state index is 0.0284. The smallest absolute Gasteiger partial charge is 0.171 e. The molecule has 1 aromatic carbocycles. The van der Waals surface area contributed by atoms with E-state index in [0.29, 0.717) is 25.4 Å². The number of hydrogen-bond donors (Lipinski definition) is 0. The minimum Gasteiger partial charge on any atom is -0.493 e. The lowest BCUT2D eigenvalue weighted by Crippen LogP contribution is -2.17. The molecule has 1 aromatic rings. The first-order chi connectivity index (χ1) is 8.84. The zero-order valence-electron chi connectivity index (χ0n) is 10.2. The number of benzene rings is 1. The third kappa shape index (κ3) is 2.26. The van der Waals surface area contributed by atoms with Gasteiger partial charge in [0.05, 0.1) is 31.8 Å². The van der Waals surface area contributed by atoms with Crippen LogP contribution in [-0.4, -0.2) is 31.9 Å². The summed E-state index contributed by atoms with van der Waals surface area (Å²) >= 11 is 0. The van der Waals surface area contributed by atoms with E-state index < -0.39 is 6.29 Å². The third-order valence-corrected chi connectivity index (χ3v) is 3.28. The van der Waals surface area contributed by atoms with Crippen molar-refractivity contribution >= 4 is 5.78 Å². The van der Waals surface area contributed by atoms with Gasteiger partial charge in [0.2, 0.25) is 0 Å². The van der Waals surface area contributed by atoms with Crippen LogP contribution in [0.15, 0.2) is 18.2 Å². The Morgan fingerprint density at radius 2 is 2.06 bits per heavy atom. The number of aryl methyl sites for hydroxylation is 1. The summed E-state index contributed by atoms with van der Waals surface area (Å²) in [5.74, 6) is 0.785. The fourth-order valence-corrected chi connectivity index (χ4v) is 2.39. The van der Waals surface area contributed by atoms with Gasteiger partial charge in [-0.05, 0) is 24.5 Å². The first-order valence-corrected chi connectivity index (χ1v) is 6.36. The number of carbonyl (C=O) groups is 1. The van der Waals surface area contributed by atoms with E-state index in [0.717, 1.165) is 24.2 Å². The SMILES string of the molecule is O=C(CC1OCCO1)c1cccc2c1OCCC2. The predicted molar refractivity (Wildman–Crippen MR) is 64.9 cm³/mol. The average Bonchev–Trinajstić information content (AvgIpc) is 2.91. The van der Waals surface area contributed by atoms with E-state index in [-0.39, 0.29) is 12.2 Å². The summed E-state index contributed by atoms with van der Waals surface area (Å²) in [5.41, 5.74) is 1.78. The summed E-state index contributed by atoms with van der Waals surface area (Å²) in [7, 11) is 0. The van der Waals surface area contributed by atoms with Gasteiger partial charge in [-0.3, -0.25) is 4.79 Å². The molecule has 0 unspecified atom stereocenters. The number of carbonyl (C=O) groups excluding carboxylic acids is 1. The number of Topliss-reactive ketones (excluding diaryl/α,β-unsaturated/α-hetero) is 1. The summed E-state index contributed by atoms with van der Waals surface area (Å²) in [6.07, 6.45) is 1.86. The van der Waals surface area contributed by atoms with E-state index in [1.165, 1.54) is 0 Å². The molecule has 0 N–H and O–H groups in total. The predicted octanol–water partition coefficient (Wildman–Crippen LogP) is 1.96. The minimum atomic E-state index is -0.392. The standard InChI is InChI=1S/C14H16O4/c15-12(9-13-16-7-8-17-13)11-5-1-3-10-4-2-6-18-14(10)11/h1,3,5,13H,2,4,6-9H2. The highest BCUT2D eigenvalue weighted by Crippen LogP contribution is 2.30. The Hall–Kier alpha value is -1.39. The number of hydrogen-bond acceptors (Lipinski definition) is 4. The molecule has 0 aliphatic carbocycles. The van der Waals surface area contributed by atoms with Gasteiger partial charge in [0.25, 0.3) is 0 Å². The van der Waals surface area contributed by atoms with Crippen molar-refractivity contribution < 1.29 is 19.0 Å². The van der Waals surface area contributed by atoms with E-state index >= 15 is 0 Å². The molecule has 0 spiro atoms. The number of fused-ring (bicyclic) bond motifs is 1. The Morgan fingerprint density at radius 1 is 1.22 bits per heavy atom. The van der Waals surface area contributed by atoms with Gasteiger partial charge >= 0.3 is 0 Å². The van der Waals surface area contributed by atoms with E-state index in [1.807, 2.05) is 18.2 Å². The summed E-state index contributed by atoms with van der Waals surface area (Å²) < 4.78 is 16.2. The lowest BCUT2D eigenvalue weighted by Gasteiger charge is -2.20. The topological polar surface area (TPSA) is 44.8 Å². The van der Waals surface area contributed by atoms with Crippen LogP contribution in [0.3, 0.4) is 0 Å². The second kappa shape index (κ2) is 5.08. The Labute approximate surface area is 106 Å². The fraction of sp³-hybridized carbons (Fsp3) is 0.500. The van der Waals surface area contributed by atoms with Crippen molar-refractivity contribution in [3.05, 3.63) is 29.3 Å². The molecule has 4 nitrogen and oxygen atoms in total. The highest BCUT2D eigenvalue weighted by molar-refractivity contribution is 5.99. The Kier molecular flexibility index (Phi) is 3.30. The molecule has 18 heavy (non-hydrogen) atoms. The molecule has 0 bridgehead atoms. The lowest BCUT2D eigenvalue weighted by molar-refractivity contribution is -0.0408. The molecule has 0 atom stereocenters. The zero-order chi connectivity index (χ0) is 12.4.